The van der Waals surface area contributed by atoms with Crippen molar-refractivity contribution in [1.82, 2.24) is 0 Å². The van der Waals surface area contributed by atoms with Gasteiger partial charge in [0.15, 0.2) is 9.84 Å². The molecule has 7 heteroatoms. The van der Waals surface area contributed by atoms with Gasteiger partial charge in [0, 0.05) is 19.2 Å². The van der Waals surface area contributed by atoms with E-state index >= 15 is 0 Å². The van der Waals surface area contributed by atoms with Crippen molar-refractivity contribution in [3.8, 4) is 5.75 Å². The summed E-state index contributed by atoms with van der Waals surface area (Å²) in [5.74, 6) is -0.432. The van der Waals surface area contributed by atoms with Crippen LogP contribution in [0.5, 0.6) is 5.75 Å². The third kappa shape index (κ3) is 2.81. The molecular formula is C12H15NO5S. The molecule has 0 aliphatic carbocycles. The Morgan fingerprint density at radius 3 is 2.84 bits per heavy atom. The number of carboxylic acid groups (broad SMARTS) is 1. The highest BCUT2D eigenvalue weighted by molar-refractivity contribution is 7.91. The molecule has 19 heavy (non-hydrogen) atoms. The molecule has 1 aliphatic rings. The van der Waals surface area contributed by atoms with Gasteiger partial charge in [-0.2, -0.15) is 0 Å². The van der Waals surface area contributed by atoms with E-state index in [2.05, 4.69) is 0 Å². The largest absolute Gasteiger partial charge is 0.497 e. The van der Waals surface area contributed by atoms with Crippen LogP contribution in [0.25, 0.3) is 0 Å². The molecule has 0 saturated heterocycles. The average molecular weight is 285 g/mol. The minimum absolute atomic E-state index is 0.00716. The van der Waals surface area contributed by atoms with E-state index in [1.165, 1.54) is 13.2 Å². The Kier molecular flexibility index (Phi) is 3.66. The van der Waals surface area contributed by atoms with E-state index in [0.717, 1.165) is 0 Å². The molecule has 1 heterocycles. The van der Waals surface area contributed by atoms with Gasteiger partial charge in [0.1, 0.15) is 5.75 Å². The number of methoxy groups -OCH3 is 1. The van der Waals surface area contributed by atoms with Gasteiger partial charge in [0.25, 0.3) is 0 Å². The Balaban J connectivity index is 2.38. The predicted molar refractivity (Wildman–Crippen MR) is 69.5 cm³/mol. The Morgan fingerprint density at radius 1 is 1.47 bits per heavy atom. The summed E-state index contributed by atoms with van der Waals surface area (Å²) in [7, 11) is -1.84. The number of anilines is 1. The van der Waals surface area contributed by atoms with E-state index in [1.807, 2.05) is 0 Å². The van der Waals surface area contributed by atoms with Crippen LogP contribution in [0.2, 0.25) is 0 Å². The van der Waals surface area contributed by atoms with Crippen LogP contribution in [-0.4, -0.2) is 45.4 Å². The first kappa shape index (κ1) is 13.7. The maximum atomic E-state index is 12.0. The van der Waals surface area contributed by atoms with Crippen molar-refractivity contribution in [2.75, 3.05) is 30.9 Å². The van der Waals surface area contributed by atoms with Crippen molar-refractivity contribution < 1.29 is 23.1 Å². The molecule has 1 aromatic rings. The van der Waals surface area contributed by atoms with Gasteiger partial charge >= 0.3 is 5.97 Å². The second kappa shape index (κ2) is 5.08. The second-order valence-corrected chi connectivity index (χ2v) is 6.36. The van der Waals surface area contributed by atoms with Gasteiger partial charge in [-0.15, -0.1) is 0 Å². The Labute approximate surface area is 111 Å². The van der Waals surface area contributed by atoms with E-state index in [0.29, 0.717) is 24.5 Å². The smallest absolute Gasteiger partial charge is 0.305 e. The molecule has 0 amide bonds. The van der Waals surface area contributed by atoms with Gasteiger partial charge in [-0.1, -0.05) is 0 Å². The predicted octanol–water partition coefficient (Wildman–Crippen LogP) is 0.764. The number of fused-ring (bicyclic) bond motifs is 1. The second-order valence-electron chi connectivity index (χ2n) is 4.28. The van der Waals surface area contributed by atoms with Crippen molar-refractivity contribution >= 4 is 21.5 Å². The summed E-state index contributed by atoms with van der Waals surface area (Å²) in [6, 6.07) is 4.82. The molecule has 1 aromatic carbocycles. The summed E-state index contributed by atoms with van der Waals surface area (Å²) in [5, 5.41) is 8.71. The maximum Gasteiger partial charge on any atom is 0.305 e. The number of nitrogens with zero attached hydrogens (tertiary/aromatic N) is 1. The number of hydrogen-bond donors (Lipinski definition) is 1. The van der Waals surface area contributed by atoms with Crippen molar-refractivity contribution in [3.05, 3.63) is 18.2 Å². The lowest BCUT2D eigenvalue weighted by molar-refractivity contribution is -0.136. The fourth-order valence-electron chi connectivity index (χ4n) is 2.06. The highest BCUT2D eigenvalue weighted by atomic mass is 32.2. The van der Waals surface area contributed by atoms with Crippen LogP contribution in [-0.2, 0) is 14.6 Å². The summed E-state index contributed by atoms with van der Waals surface area (Å²) in [5.41, 5.74) is 0.549. The number of carbonyl (C=O) groups is 1. The number of hydrogen-bond acceptors (Lipinski definition) is 5. The number of carboxylic acids is 1. The number of rotatable bonds is 4. The topological polar surface area (TPSA) is 83.9 Å². The zero-order valence-corrected chi connectivity index (χ0v) is 11.3. The number of sulfone groups is 1. The number of ether oxygens (including phenoxy) is 1. The van der Waals surface area contributed by atoms with Crippen molar-refractivity contribution in [2.24, 2.45) is 0 Å². The molecular weight excluding hydrogens is 270 g/mol. The van der Waals surface area contributed by atoms with E-state index in [1.54, 1.807) is 17.0 Å². The highest BCUT2D eigenvalue weighted by Crippen LogP contribution is 2.33. The first-order valence-corrected chi connectivity index (χ1v) is 7.47. The average Bonchev–Trinajstić information content (AvgIpc) is 2.37. The number of benzene rings is 1. The standard InChI is InChI=1S/C12H15NO5S/c1-18-9-2-3-10-11(8-9)19(16,17)7-6-13(10)5-4-12(14)15/h2-3,8H,4-7H2,1H3,(H,14,15). The summed E-state index contributed by atoms with van der Waals surface area (Å²) < 4.78 is 29.1. The van der Waals surface area contributed by atoms with Gasteiger partial charge in [0.2, 0.25) is 0 Å². The monoisotopic (exact) mass is 285 g/mol. The molecule has 104 valence electrons. The number of aliphatic carboxylic acids is 1. The van der Waals surface area contributed by atoms with Crippen molar-refractivity contribution in [3.63, 3.8) is 0 Å². The Morgan fingerprint density at radius 2 is 2.21 bits per heavy atom. The van der Waals surface area contributed by atoms with Crippen LogP contribution in [0.4, 0.5) is 5.69 Å². The molecule has 0 fully saturated rings. The molecule has 0 bridgehead atoms. The minimum atomic E-state index is -3.32. The molecule has 0 aromatic heterocycles. The van der Waals surface area contributed by atoms with Crippen molar-refractivity contribution in [1.29, 1.82) is 0 Å². The summed E-state index contributed by atoms with van der Waals surface area (Å²) in [6.45, 7) is 0.610. The van der Waals surface area contributed by atoms with Gasteiger partial charge in [-0.25, -0.2) is 8.42 Å². The first-order chi connectivity index (χ1) is 8.94. The normalized spacial score (nSPS) is 16.8. The van der Waals surface area contributed by atoms with Crippen LogP contribution in [0.1, 0.15) is 6.42 Å². The van der Waals surface area contributed by atoms with Crippen molar-refractivity contribution in [2.45, 2.75) is 11.3 Å². The lowest BCUT2D eigenvalue weighted by Crippen LogP contribution is -2.36. The minimum Gasteiger partial charge on any atom is -0.497 e. The molecule has 6 nitrogen and oxygen atoms in total. The maximum absolute atomic E-state index is 12.0. The van der Waals surface area contributed by atoms with E-state index in [9.17, 15) is 13.2 Å². The summed E-state index contributed by atoms with van der Waals surface area (Å²) >= 11 is 0. The molecule has 2 rings (SSSR count). The molecule has 0 saturated carbocycles. The molecule has 1 N–H and O–H groups in total. The van der Waals surface area contributed by atoms with Gasteiger partial charge in [-0.3, -0.25) is 4.79 Å². The lowest BCUT2D eigenvalue weighted by Gasteiger charge is -2.30. The molecule has 0 unspecified atom stereocenters. The summed E-state index contributed by atoms with van der Waals surface area (Å²) in [6.07, 6.45) is -0.0223. The summed E-state index contributed by atoms with van der Waals surface area (Å²) in [4.78, 5) is 12.6. The molecule has 0 radical (unpaired) electrons. The van der Waals surface area contributed by atoms with E-state index in [-0.39, 0.29) is 17.1 Å². The molecule has 0 spiro atoms. The zero-order chi connectivity index (χ0) is 14.0. The first-order valence-electron chi connectivity index (χ1n) is 5.81. The van der Waals surface area contributed by atoms with Crippen LogP contribution in [0.15, 0.2) is 23.1 Å². The van der Waals surface area contributed by atoms with Gasteiger partial charge in [-0.05, 0) is 12.1 Å². The fourth-order valence-corrected chi connectivity index (χ4v) is 3.55. The van der Waals surface area contributed by atoms with E-state index < -0.39 is 15.8 Å². The lowest BCUT2D eigenvalue weighted by atomic mass is 10.2. The van der Waals surface area contributed by atoms with Crippen LogP contribution in [0, 0.1) is 0 Å². The zero-order valence-electron chi connectivity index (χ0n) is 10.5. The molecule has 0 atom stereocenters. The highest BCUT2D eigenvalue weighted by Gasteiger charge is 2.28. The van der Waals surface area contributed by atoms with Gasteiger partial charge < -0.3 is 14.7 Å². The molecule has 1 aliphatic heterocycles. The van der Waals surface area contributed by atoms with Crippen LogP contribution in [0.3, 0.4) is 0 Å². The van der Waals surface area contributed by atoms with Crippen LogP contribution < -0.4 is 9.64 Å². The van der Waals surface area contributed by atoms with Gasteiger partial charge in [0.05, 0.1) is 29.9 Å². The third-order valence-corrected chi connectivity index (χ3v) is 4.79. The Bertz CT molecular complexity index is 596. The quantitative estimate of drug-likeness (QED) is 0.879. The third-order valence-electron chi connectivity index (χ3n) is 3.07. The van der Waals surface area contributed by atoms with Crippen LogP contribution >= 0.6 is 0 Å². The fraction of sp³-hybridized carbons (Fsp3) is 0.417. The Hall–Kier alpha value is -1.76. The SMILES string of the molecule is COc1ccc2c(c1)S(=O)(=O)CCN2CCC(=O)O. The van der Waals surface area contributed by atoms with E-state index in [4.69, 9.17) is 9.84 Å².